The SMILES string of the molecule is C[C@H](C(=O)O)N1C(=O)/C(=C/c2ccc(-c3ccc(Cl)c(Cl)c3)o2)SC1=S. The summed E-state index contributed by atoms with van der Waals surface area (Å²) in [6.45, 7) is 1.41. The first-order chi connectivity index (χ1) is 12.3. The summed E-state index contributed by atoms with van der Waals surface area (Å²) in [6.07, 6.45) is 1.54. The van der Waals surface area contributed by atoms with Gasteiger partial charge >= 0.3 is 5.97 Å². The molecular weight excluding hydrogens is 417 g/mol. The minimum absolute atomic E-state index is 0.201. The summed E-state index contributed by atoms with van der Waals surface area (Å²) >= 11 is 18.1. The minimum atomic E-state index is -1.12. The highest BCUT2D eigenvalue weighted by Gasteiger charge is 2.38. The van der Waals surface area contributed by atoms with Gasteiger partial charge in [-0.15, -0.1) is 0 Å². The van der Waals surface area contributed by atoms with Gasteiger partial charge in [0.15, 0.2) is 0 Å². The Bertz CT molecular complexity index is 954. The van der Waals surface area contributed by atoms with Crippen LogP contribution < -0.4 is 0 Å². The monoisotopic (exact) mass is 427 g/mol. The van der Waals surface area contributed by atoms with Crippen molar-refractivity contribution in [2.75, 3.05) is 0 Å². The molecule has 0 unspecified atom stereocenters. The van der Waals surface area contributed by atoms with Gasteiger partial charge < -0.3 is 9.52 Å². The first-order valence-corrected chi connectivity index (χ1v) is 9.31. The number of thiocarbonyl (C=S) groups is 1. The van der Waals surface area contributed by atoms with Gasteiger partial charge in [0, 0.05) is 11.6 Å². The number of hydrogen-bond acceptors (Lipinski definition) is 5. The van der Waals surface area contributed by atoms with E-state index >= 15 is 0 Å². The van der Waals surface area contributed by atoms with Crippen molar-refractivity contribution in [3.05, 3.63) is 51.0 Å². The number of rotatable bonds is 4. The maximum Gasteiger partial charge on any atom is 0.326 e. The smallest absolute Gasteiger partial charge is 0.326 e. The Morgan fingerprint density at radius 2 is 2.04 bits per heavy atom. The van der Waals surface area contributed by atoms with E-state index in [4.69, 9.17) is 44.9 Å². The van der Waals surface area contributed by atoms with Gasteiger partial charge in [-0.3, -0.25) is 9.69 Å². The summed E-state index contributed by atoms with van der Waals surface area (Å²) in [5.74, 6) is -0.580. The molecule has 134 valence electrons. The molecule has 26 heavy (non-hydrogen) atoms. The molecule has 9 heteroatoms. The first kappa shape index (κ1) is 19.0. The van der Waals surface area contributed by atoms with Gasteiger partial charge in [0.25, 0.3) is 5.91 Å². The quantitative estimate of drug-likeness (QED) is 0.550. The largest absolute Gasteiger partial charge is 0.480 e. The molecule has 1 aliphatic rings. The average Bonchev–Trinajstić information content (AvgIpc) is 3.15. The molecule has 3 rings (SSSR count). The topological polar surface area (TPSA) is 70.8 Å². The van der Waals surface area contributed by atoms with Crippen LogP contribution in [-0.4, -0.2) is 32.2 Å². The Labute approximate surface area is 168 Å². The molecule has 0 saturated carbocycles. The highest BCUT2D eigenvalue weighted by molar-refractivity contribution is 8.26. The van der Waals surface area contributed by atoms with Gasteiger partial charge in [-0.25, -0.2) is 4.79 Å². The van der Waals surface area contributed by atoms with Crippen LogP contribution in [0.5, 0.6) is 0 Å². The fourth-order valence-corrected chi connectivity index (χ4v) is 3.99. The third-order valence-corrected chi connectivity index (χ3v) is 5.74. The number of carboxylic acids is 1. The second-order valence-electron chi connectivity index (χ2n) is 5.40. The average molecular weight is 428 g/mol. The van der Waals surface area contributed by atoms with Gasteiger partial charge in [0.05, 0.1) is 15.0 Å². The second-order valence-corrected chi connectivity index (χ2v) is 7.89. The number of carbonyl (C=O) groups is 2. The minimum Gasteiger partial charge on any atom is -0.480 e. The summed E-state index contributed by atoms with van der Waals surface area (Å²) < 4.78 is 5.93. The van der Waals surface area contributed by atoms with E-state index in [2.05, 4.69) is 0 Å². The van der Waals surface area contributed by atoms with E-state index in [9.17, 15) is 9.59 Å². The van der Waals surface area contributed by atoms with E-state index in [0.29, 0.717) is 26.5 Å². The number of carboxylic acid groups (broad SMARTS) is 1. The number of furan rings is 1. The Kier molecular flexibility index (Phi) is 5.43. The molecule has 2 heterocycles. The maximum atomic E-state index is 12.4. The standard InChI is InChI=1S/C17H11Cl2NO4S2/c1-8(16(22)23)20-15(21)14(26-17(20)25)7-10-3-5-13(24-10)9-2-4-11(18)12(19)6-9/h2-8H,1H3,(H,22,23)/b14-7-/t8-/m1/s1. The van der Waals surface area contributed by atoms with Gasteiger partial charge in [0.2, 0.25) is 0 Å². The molecule has 1 N–H and O–H groups in total. The summed E-state index contributed by atoms with van der Waals surface area (Å²) in [4.78, 5) is 25.0. The van der Waals surface area contributed by atoms with Crippen LogP contribution in [0.15, 0.2) is 39.7 Å². The fourth-order valence-electron chi connectivity index (χ4n) is 2.29. The maximum absolute atomic E-state index is 12.4. The van der Waals surface area contributed by atoms with Crippen LogP contribution in [0.25, 0.3) is 17.4 Å². The number of thioether (sulfide) groups is 1. The Balaban J connectivity index is 1.86. The molecule has 5 nitrogen and oxygen atoms in total. The summed E-state index contributed by atoms with van der Waals surface area (Å²) in [5, 5.41) is 9.96. The molecule has 0 bridgehead atoms. The van der Waals surface area contributed by atoms with Gasteiger partial charge in [-0.2, -0.15) is 0 Å². The Hall–Kier alpha value is -1.80. The zero-order valence-corrected chi connectivity index (χ0v) is 16.4. The number of hydrogen-bond donors (Lipinski definition) is 1. The van der Waals surface area contributed by atoms with Crippen molar-refractivity contribution in [1.82, 2.24) is 4.90 Å². The normalized spacial score (nSPS) is 17.2. The lowest BCUT2D eigenvalue weighted by Crippen LogP contribution is -2.41. The van der Waals surface area contributed by atoms with Crippen molar-refractivity contribution in [1.29, 1.82) is 0 Å². The van der Waals surface area contributed by atoms with Crippen LogP contribution in [-0.2, 0) is 9.59 Å². The van der Waals surface area contributed by atoms with Crippen LogP contribution in [0.3, 0.4) is 0 Å². The van der Waals surface area contributed by atoms with E-state index in [1.807, 2.05) is 0 Å². The van der Waals surface area contributed by atoms with Crippen molar-refractivity contribution in [2.24, 2.45) is 0 Å². The molecule has 1 saturated heterocycles. The van der Waals surface area contributed by atoms with Crippen LogP contribution >= 0.6 is 47.2 Å². The third-order valence-electron chi connectivity index (χ3n) is 3.67. The summed E-state index contributed by atoms with van der Waals surface area (Å²) in [6, 6.07) is 7.53. The number of carbonyl (C=O) groups excluding carboxylic acids is 1. The summed E-state index contributed by atoms with van der Waals surface area (Å²) in [5.41, 5.74) is 0.742. The third kappa shape index (κ3) is 3.66. The number of benzene rings is 1. The van der Waals surface area contributed by atoms with E-state index in [1.54, 1.807) is 30.3 Å². The Morgan fingerprint density at radius 1 is 1.31 bits per heavy atom. The van der Waals surface area contributed by atoms with Crippen molar-refractivity contribution in [3.63, 3.8) is 0 Å². The molecule has 0 aliphatic carbocycles. The van der Waals surface area contributed by atoms with E-state index in [0.717, 1.165) is 22.2 Å². The Morgan fingerprint density at radius 3 is 2.69 bits per heavy atom. The van der Waals surface area contributed by atoms with Gasteiger partial charge in [0.1, 0.15) is 21.9 Å². The fraction of sp³-hybridized carbons (Fsp3) is 0.118. The molecule has 0 radical (unpaired) electrons. The zero-order chi connectivity index (χ0) is 19.0. The van der Waals surface area contributed by atoms with Crippen molar-refractivity contribution in [2.45, 2.75) is 13.0 Å². The van der Waals surface area contributed by atoms with Gasteiger partial charge in [-0.05, 0) is 37.3 Å². The molecule has 1 aliphatic heterocycles. The zero-order valence-electron chi connectivity index (χ0n) is 13.2. The molecule has 1 aromatic heterocycles. The lowest BCUT2D eigenvalue weighted by molar-refractivity contribution is -0.144. The number of aliphatic carboxylic acids is 1. The molecule has 1 amide bonds. The number of halogens is 2. The predicted octanol–water partition coefficient (Wildman–Crippen LogP) is 4.93. The molecule has 0 spiro atoms. The highest BCUT2D eigenvalue weighted by atomic mass is 35.5. The lowest BCUT2D eigenvalue weighted by Gasteiger charge is -2.18. The van der Waals surface area contributed by atoms with E-state index < -0.39 is 17.9 Å². The van der Waals surface area contributed by atoms with Crippen LogP contribution in [0, 0.1) is 0 Å². The molecule has 2 aromatic rings. The van der Waals surface area contributed by atoms with Crippen molar-refractivity contribution >= 4 is 69.5 Å². The highest BCUT2D eigenvalue weighted by Crippen LogP contribution is 2.35. The van der Waals surface area contributed by atoms with E-state index in [-0.39, 0.29) is 4.32 Å². The number of amides is 1. The van der Waals surface area contributed by atoms with Crippen LogP contribution in [0.4, 0.5) is 0 Å². The molecule has 1 aromatic carbocycles. The molecule has 1 atom stereocenters. The van der Waals surface area contributed by atoms with Crippen LogP contribution in [0.1, 0.15) is 12.7 Å². The van der Waals surface area contributed by atoms with Gasteiger partial charge in [-0.1, -0.05) is 47.2 Å². The second kappa shape index (κ2) is 7.44. The first-order valence-electron chi connectivity index (χ1n) is 7.33. The molecule has 1 fully saturated rings. The molecular formula is C17H11Cl2NO4S2. The lowest BCUT2D eigenvalue weighted by atomic mass is 10.2. The summed E-state index contributed by atoms with van der Waals surface area (Å²) in [7, 11) is 0. The predicted molar refractivity (Wildman–Crippen MR) is 106 cm³/mol. The van der Waals surface area contributed by atoms with Crippen molar-refractivity contribution < 1.29 is 19.1 Å². The van der Waals surface area contributed by atoms with E-state index in [1.165, 1.54) is 13.0 Å². The number of nitrogens with zero attached hydrogens (tertiary/aromatic N) is 1. The van der Waals surface area contributed by atoms with Crippen LogP contribution in [0.2, 0.25) is 10.0 Å². The van der Waals surface area contributed by atoms with Crippen molar-refractivity contribution in [3.8, 4) is 11.3 Å².